The largest absolute Gasteiger partial charge is 0.497 e. The third-order valence-electron chi connectivity index (χ3n) is 2.77. The minimum absolute atomic E-state index is 0.663. The average molecular weight is 244 g/mol. The van der Waals surface area contributed by atoms with Crippen LogP contribution < -0.4 is 14.2 Å². The predicted octanol–water partition coefficient (Wildman–Crippen LogP) is 3.38. The van der Waals surface area contributed by atoms with E-state index in [2.05, 4.69) is 0 Å². The van der Waals surface area contributed by atoms with Crippen molar-refractivity contribution in [3.63, 3.8) is 0 Å². The molecule has 0 amide bonds. The summed E-state index contributed by atoms with van der Waals surface area (Å²) >= 11 is 0. The van der Waals surface area contributed by atoms with Gasteiger partial charge < -0.3 is 14.2 Å². The fourth-order valence-electron chi connectivity index (χ4n) is 1.89. The second kappa shape index (κ2) is 5.45. The van der Waals surface area contributed by atoms with Gasteiger partial charge in [0, 0.05) is 11.6 Å². The highest BCUT2D eigenvalue weighted by atomic mass is 16.5. The van der Waals surface area contributed by atoms with Gasteiger partial charge in [0.05, 0.1) is 21.3 Å². The zero-order valence-corrected chi connectivity index (χ0v) is 10.8. The molecule has 0 saturated carbocycles. The summed E-state index contributed by atoms with van der Waals surface area (Å²) in [5, 5.41) is 0. The zero-order valence-electron chi connectivity index (χ0n) is 10.8. The van der Waals surface area contributed by atoms with Crippen molar-refractivity contribution in [2.45, 2.75) is 0 Å². The van der Waals surface area contributed by atoms with E-state index in [0.717, 1.165) is 16.9 Å². The van der Waals surface area contributed by atoms with Crippen molar-refractivity contribution in [1.82, 2.24) is 0 Å². The van der Waals surface area contributed by atoms with Gasteiger partial charge in [0.1, 0.15) is 5.75 Å². The Kier molecular flexibility index (Phi) is 3.72. The van der Waals surface area contributed by atoms with Crippen LogP contribution in [0.15, 0.2) is 42.5 Å². The topological polar surface area (TPSA) is 27.7 Å². The van der Waals surface area contributed by atoms with Crippen LogP contribution in [-0.2, 0) is 0 Å². The van der Waals surface area contributed by atoms with Crippen LogP contribution in [0.1, 0.15) is 0 Å². The van der Waals surface area contributed by atoms with Crippen LogP contribution in [-0.4, -0.2) is 21.3 Å². The molecule has 2 rings (SSSR count). The highest BCUT2D eigenvalue weighted by Crippen LogP contribution is 2.41. The molecule has 0 heterocycles. The number of benzene rings is 2. The highest BCUT2D eigenvalue weighted by molar-refractivity contribution is 5.75. The molecule has 2 aromatic rings. The molecule has 0 aliphatic heterocycles. The van der Waals surface area contributed by atoms with E-state index in [1.807, 2.05) is 42.5 Å². The van der Waals surface area contributed by atoms with Gasteiger partial charge in [-0.15, -0.1) is 0 Å². The maximum atomic E-state index is 5.44. The number of rotatable bonds is 4. The molecule has 0 N–H and O–H groups in total. The molecule has 0 bridgehead atoms. The normalized spacial score (nSPS) is 9.94. The van der Waals surface area contributed by atoms with Crippen molar-refractivity contribution < 1.29 is 14.2 Å². The van der Waals surface area contributed by atoms with Gasteiger partial charge in [-0.1, -0.05) is 30.3 Å². The second-order valence-corrected chi connectivity index (χ2v) is 3.78. The third-order valence-corrected chi connectivity index (χ3v) is 2.77. The molecule has 2 aromatic carbocycles. The number of hydrogen-bond acceptors (Lipinski definition) is 3. The molecule has 0 saturated heterocycles. The monoisotopic (exact) mass is 244 g/mol. The van der Waals surface area contributed by atoms with E-state index in [1.54, 1.807) is 21.3 Å². The maximum absolute atomic E-state index is 5.44. The van der Waals surface area contributed by atoms with E-state index in [0.29, 0.717) is 11.5 Å². The lowest BCUT2D eigenvalue weighted by atomic mass is 10.0. The third kappa shape index (κ3) is 2.25. The van der Waals surface area contributed by atoms with Crippen LogP contribution in [0.4, 0.5) is 0 Å². The molecule has 0 aliphatic carbocycles. The first-order chi connectivity index (χ1) is 8.80. The van der Waals surface area contributed by atoms with Crippen LogP contribution in [0.25, 0.3) is 11.1 Å². The van der Waals surface area contributed by atoms with Crippen LogP contribution in [0.3, 0.4) is 0 Å². The fourth-order valence-corrected chi connectivity index (χ4v) is 1.89. The van der Waals surface area contributed by atoms with E-state index in [9.17, 15) is 0 Å². The summed E-state index contributed by atoms with van der Waals surface area (Å²) in [6.07, 6.45) is 0. The highest BCUT2D eigenvalue weighted by Gasteiger charge is 2.14. The molecule has 0 radical (unpaired) electrons. The minimum atomic E-state index is 0.663. The zero-order chi connectivity index (χ0) is 13.0. The quantitative estimate of drug-likeness (QED) is 0.825. The average Bonchev–Trinajstić information content (AvgIpc) is 2.46. The Labute approximate surface area is 107 Å². The molecule has 18 heavy (non-hydrogen) atoms. The van der Waals surface area contributed by atoms with E-state index >= 15 is 0 Å². The summed E-state index contributed by atoms with van der Waals surface area (Å²) in [4.78, 5) is 0. The first-order valence-corrected chi connectivity index (χ1v) is 5.65. The predicted molar refractivity (Wildman–Crippen MR) is 71.5 cm³/mol. The standard InChI is InChI=1S/C15H16O3/c1-16-12-9-13(11-7-5-4-6-8-11)15(18-3)14(10-12)17-2/h4-10H,1-3H3. The number of ether oxygens (including phenoxy) is 3. The van der Waals surface area contributed by atoms with Crippen LogP contribution in [0.2, 0.25) is 0 Å². The van der Waals surface area contributed by atoms with Crippen LogP contribution in [0.5, 0.6) is 17.2 Å². The molecule has 0 atom stereocenters. The summed E-state index contributed by atoms with van der Waals surface area (Å²) in [5.74, 6) is 2.12. The summed E-state index contributed by atoms with van der Waals surface area (Å²) in [5.41, 5.74) is 2.01. The summed E-state index contributed by atoms with van der Waals surface area (Å²) < 4.78 is 16.1. The lowest BCUT2D eigenvalue weighted by molar-refractivity contribution is 0.350. The minimum Gasteiger partial charge on any atom is -0.497 e. The molecule has 0 aromatic heterocycles. The van der Waals surface area contributed by atoms with E-state index < -0.39 is 0 Å². The van der Waals surface area contributed by atoms with Gasteiger partial charge in [-0.2, -0.15) is 0 Å². The molecule has 0 spiro atoms. The van der Waals surface area contributed by atoms with Crippen molar-refractivity contribution in [3.05, 3.63) is 42.5 Å². The molecule has 0 aliphatic rings. The van der Waals surface area contributed by atoms with Crippen molar-refractivity contribution in [2.24, 2.45) is 0 Å². The second-order valence-electron chi connectivity index (χ2n) is 3.78. The fraction of sp³-hybridized carbons (Fsp3) is 0.200. The van der Waals surface area contributed by atoms with Gasteiger partial charge in [-0.3, -0.25) is 0 Å². The van der Waals surface area contributed by atoms with Gasteiger partial charge in [0.25, 0.3) is 0 Å². The first kappa shape index (κ1) is 12.3. The molecule has 94 valence electrons. The van der Waals surface area contributed by atoms with Crippen molar-refractivity contribution in [3.8, 4) is 28.4 Å². The number of hydrogen-bond donors (Lipinski definition) is 0. The Morgan fingerprint density at radius 2 is 1.50 bits per heavy atom. The van der Waals surface area contributed by atoms with E-state index in [-0.39, 0.29) is 0 Å². The van der Waals surface area contributed by atoms with Crippen molar-refractivity contribution >= 4 is 0 Å². The maximum Gasteiger partial charge on any atom is 0.168 e. The molecular weight excluding hydrogens is 228 g/mol. The molecular formula is C15H16O3. The van der Waals surface area contributed by atoms with Crippen molar-refractivity contribution in [2.75, 3.05) is 21.3 Å². The Balaban J connectivity index is 2.64. The van der Waals surface area contributed by atoms with Gasteiger partial charge >= 0.3 is 0 Å². The molecule has 0 fully saturated rings. The first-order valence-electron chi connectivity index (χ1n) is 5.65. The van der Waals surface area contributed by atoms with Crippen molar-refractivity contribution in [1.29, 1.82) is 0 Å². The summed E-state index contributed by atoms with van der Waals surface area (Å²) in [7, 11) is 4.89. The Bertz CT molecular complexity index is 521. The Morgan fingerprint density at radius 3 is 2.06 bits per heavy atom. The Morgan fingerprint density at radius 1 is 0.778 bits per heavy atom. The molecule has 0 unspecified atom stereocenters. The van der Waals surface area contributed by atoms with E-state index in [1.165, 1.54) is 0 Å². The summed E-state index contributed by atoms with van der Waals surface area (Å²) in [6.45, 7) is 0. The lowest BCUT2D eigenvalue weighted by Crippen LogP contribution is -1.95. The van der Waals surface area contributed by atoms with Gasteiger partial charge in [-0.05, 0) is 11.6 Å². The van der Waals surface area contributed by atoms with Gasteiger partial charge in [-0.25, -0.2) is 0 Å². The van der Waals surface area contributed by atoms with Crippen LogP contribution in [0, 0.1) is 0 Å². The summed E-state index contributed by atoms with van der Waals surface area (Å²) in [6, 6.07) is 13.8. The SMILES string of the molecule is COc1cc(OC)c(OC)c(-c2ccccc2)c1. The smallest absolute Gasteiger partial charge is 0.168 e. The van der Waals surface area contributed by atoms with E-state index in [4.69, 9.17) is 14.2 Å². The Hall–Kier alpha value is -2.16. The number of methoxy groups -OCH3 is 3. The lowest BCUT2D eigenvalue weighted by Gasteiger charge is -2.14. The van der Waals surface area contributed by atoms with Crippen LogP contribution >= 0.6 is 0 Å². The van der Waals surface area contributed by atoms with Gasteiger partial charge in [0.2, 0.25) is 0 Å². The molecule has 3 heteroatoms. The van der Waals surface area contributed by atoms with Gasteiger partial charge in [0.15, 0.2) is 11.5 Å². The molecule has 3 nitrogen and oxygen atoms in total.